The molecule has 1 saturated carbocycles. The summed E-state index contributed by atoms with van der Waals surface area (Å²) in [5.74, 6) is 5.18. The van der Waals surface area contributed by atoms with Crippen molar-refractivity contribution in [3.63, 3.8) is 0 Å². The second kappa shape index (κ2) is 9.19. The lowest BCUT2D eigenvalue weighted by atomic mass is 9.91. The zero-order valence-electron chi connectivity index (χ0n) is 17.8. The molecular formula is C24H33N3O2. The van der Waals surface area contributed by atoms with Gasteiger partial charge in [0.2, 0.25) is 0 Å². The first-order valence-electron chi connectivity index (χ1n) is 11.0. The maximum Gasteiger partial charge on any atom is 0.175 e. The summed E-state index contributed by atoms with van der Waals surface area (Å²) < 4.78 is 12.0. The Kier molecular flexibility index (Phi) is 6.42. The van der Waals surface area contributed by atoms with Crippen LogP contribution in [0.3, 0.4) is 0 Å². The van der Waals surface area contributed by atoms with Crippen molar-refractivity contribution in [2.45, 2.75) is 45.1 Å². The van der Waals surface area contributed by atoms with Gasteiger partial charge in [-0.1, -0.05) is 11.1 Å². The van der Waals surface area contributed by atoms with Crippen molar-refractivity contribution < 1.29 is 9.26 Å². The zero-order chi connectivity index (χ0) is 20.2. The summed E-state index contributed by atoms with van der Waals surface area (Å²) in [5, 5.41) is 5.60. The number of likely N-dealkylation sites (tertiary alicyclic amines) is 1. The summed E-state index contributed by atoms with van der Waals surface area (Å²) >= 11 is 0. The van der Waals surface area contributed by atoms with Crippen LogP contribution < -0.4 is 4.74 Å². The highest BCUT2D eigenvalue weighted by atomic mass is 16.5. The minimum absolute atomic E-state index is 0.732. The monoisotopic (exact) mass is 395 g/mol. The molecule has 0 atom stereocenters. The fourth-order valence-electron chi connectivity index (χ4n) is 4.27. The van der Waals surface area contributed by atoms with E-state index < -0.39 is 0 Å². The largest absolute Gasteiger partial charge is 0.493 e. The Balaban J connectivity index is 1.44. The Hall–Kier alpha value is -2.03. The van der Waals surface area contributed by atoms with E-state index in [1.807, 2.05) is 0 Å². The van der Waals surface area contributed by atoms with Crippen molar-refractivity contribution in [3.8, 4) is 18.1 Å². The summed E-state index contributed by atoms with van der Waals surface area (Å²) in [6.45, 7) is 4.61. The third kappa shape index (κ3) is 5.12. The Labute approximate surface area is 174 Å². The normalized spacial score (nSPS) is 18.4. The third-order valence-electron chi connectivity index (χ3n) is 6.23. The predicted molar refractivity (Wildman–Crippen MR) is 116 cm³/mol. The molecule has 29 heavy (non-hydrogen) atoms. The van der Waals surface area contributed by atoms with E-state index in [4.69, 9.17) is 15.7 Å². The molecule has 1 aromatic heterocycles. The molecule has 1 aromatic carbocycles. The summed E-state index contributed by atoms with van der Waals surface area (Å²) in [6.07, 6.45) is 12.6. The highest BCUT2D eigenvalue weighted by molar-refractivity contribution is 5.84. The smallest absolute Gasteiger partial charge is 0.175 e. The van der Waals surface area contributed by atoms with Crippen molar-refractivity contribution in [3.05, 3.63) is 23.4 Å². The number of piperidine rings is 1. The standard InChI is InChI=1S/C24H33N3O2/c1-4-13-27-14-11-18(12-15-27)7-9-22-20-8-10-23(28-17-19-5-6-19)21(16-26(2)3)24(20)29-25-22/h1,8,10,18-19H,5-7,9,11-17H2,2-3H3. The molecule has 2 heterocycles. The number of benzene rings is 1. The lowest BCUT2D eigenvalue weighted by Gasteiger charge is -2.30. The van der Waals surface area contributed by atoms with Crippen LogP contribution in [0.25, 0.3) is 11.0 Å². The van der Waals surface area contributed by atoms with Gasteiger partial charge in [0.15, 0.2) is 5.58 Å². The fourth-order valence-corrected chi connectivity index (χ4v) is 4.27. The third-order valence-corrected chi connectivity index (χ3v) is 6.23. The maximum atomic E-state index is 6.13. The molecule has 1 saturated heterocycles. The molecule has 2 fully saturated rings. The molecular weight excluding hydrogens is 362 g/mol. The lowest BCUT2D eigenvalue weighted by Crippen LogP contribution is -2.34. The number of hydrogen-bond acceptors (Lipinski definition) is 5. The van der Waals surface area contributed by atoms with Crippen molar-refractivity contribution >= 4 is 11.0 Å². The zero-order valence-corrected chi connectivity index (χ0v) is 17.8. The number of nitrogens with zero attached hydrogens (tertiary/aromatic N) is 3. The van der Waals surface area contributed by atoms with Gasteiger partial charge in [0.25, 0.3) is 0 Å². The number of hydrogen-bond donors (Lipinski definition) is 0. The maximum absolute atomic E-state index is 6.13. The molecule has 5 nitrogen and oxygen atoms in total. The van der Waals surface area contributed by atoms with Gasteiger partial charge in [-0.15, -0.1) is 6.42 Å². The van der Waals surface area contributed by atoms with E-state index in [-0.39, 0.29) is 0 Å². The molecule has 156 valence electrons. The van der Waals surface area contributed by atoms with Crippen molar-refractivity contribution in [1.29, 1.82) is 0 Å². The molecule has 1 aliphatic carbocycles. The summed E-state index contributed by atoms with van der Waals surface area (Å²) in [4.78, 5) is 4.53. The van der Waals surface area contributed by atoms with E-state index in [9.17, 15) is 0 Å². The van der Waals surface area contributed by atoms with E-state index in [0.717, 1.165) is 85.4 Å². The van der Waals surface area contributed by atoms with Crippen LogP contribution in [0.5, 0.6) is 5.75 Å². The van der Waals surface area contributed by atoms with Crippen molar-refractivity contribution in [2.24, 2.45) is 11.8 Å². The van der Waals surface area contributed by atoms with Gasteiger partial charge in [-0.2, -0.15) is 0 Å². The number of rotatable bonds is 9. The number of terminal acetylenes is 1. The minimum atomic E-state index is 0.732. The van der Waals surface area contributed by atoms with Crippen LogP contribution in [0.15, 0.2) is 16.7 Å². The van der Waals surface area contributed by atoms with Crippen LogP contribution >= 0.6 is 0 Å². The van der Waals surface area contributed by atoms with Crippen LogP contribution in [-0.2, 0) is 13.0 Å². The molecule has 0 spiro atoms. The quantitative estimate of drug-likeness (QED) is 0.601. The van der Waals surface area contributed by atoms with E-state index in [1.165, 1.54) is 25.7 Å². The van der Waals surface area contributed by atoms with Crippen molar-refractivity contribution in [1.82, 2.24) is 15.0 Å². The van der Waals surface area contributed by atoms with Crippen LogP contribution in [0.4, 0.5) is 0 Å². The molecule has 4 rings (SSSR count). The van der Waals surface area contributed by atoms with Gasteiger partial charge in [-0.3, -0.25) is 4.90 Å². The number of aryl methyl sites for hydroxylation is 1. The van der Waals surface area contributed by atoms with E-state index in [0.29, 0.717) is 0 Å². The fraction of sp³-hybridized carbons (Fsp3) is 0.625. The summed E-state index contributed by atoms with van der Waals surface area (Å²) in [7, 11) is 4.15. The van der Waals surface area contributed by atoms with Gasteiger partial charge in [-0.05, 0) is 89.7 Å². The van der Waals surface area contributed by atoms with Crippen LogP contribution in [0.1, 0.15) is 43.4 Å². The van der Waals surface area contributed by atoms with E-state index in [2.05, 4.69) is 47.1 Å². The summed E-state index contributed by atoms with van der Waals surface area (Å²) in [6, 6.07) is 4.25. The summed E-state index contributed by atoms with van der Waals surface area (Å²) in [5.41, 5.74) is 3.10. The van der Waals surface area contributed by atoms with Crippen molar-refractivity contribution in [2.75, 3.05) is 40.3 Å². The van der Waals surface area contributed by atoms with Crippen LogP contribution in [-0.4, -0.2) is 55.3 Å². The molecule has 5 heteroatoms. The molecule has 0 bridgehead atoms. The number of ether oxygens (including phenoxy) is 1. The van der Waals surface area contributed by atoms with Crippen LogP contribution in [0, 0.1) is 24.2 Å². The Bertz CT molecular complexity index is 855. The second-order valence-electron chi connectivity index (χ2n) is 9.00. The molecule has 0 radical (unpaired) electrons. The second-order valence-corrected chi connectivity index (χ2v) is 9.00. The van der Waals surface area contributed by atoms with E-state index >= 15 is 0 Å². The average Bonchev–Trinajstić information content (AvgIpc) is 3.45. The number of fused-ring (bicyclic) bond motifs is 1. The molecule has 0 unspecified atom stereocenters. The van der Waals surface area contributed by atoms with Gasteiger partial charge >= 0.3 is 0 Å². The van der Waals surface area contributed by atoms with Gasteiger partial charge < -0.3 is 14.2 Å². The highest BCUT2D eigenvalue weighted by Gasteiger charge is 2.24. The SMILES string of the molecule is C#CCN1CCC(CCc2noc3c(CN(C)C)c(OCC4CC4)ccc23)CC1. The molecule has 2 aromatic rings. The minimum Gasteiger partial charge on any atom is -0.493 e. The average molecular weight is 396 g/mol. The van der Waals surface area contributed by atoms with Gasteiger partial charge in [-0.25, -0.2) is 0 Å². The first kappa shape index (κ1) is 20.3. The Morgan fingerprint density at radius 3 is 2.69 bits per heavy atom. The Morgan fingerprint density at radius 2 is 2.00 bits per heavy atom. The van der Waals surface area contributed by atoms with Gasteiger partial charge in [0.05, 0.1) is 24.4 Å². The predicted octanol–water partition coefficient (Wildman–Crippen LogP) is 3.96. The van der Waals surface area contributed by atoms with Crippen LogP contribution in [0.2, 0.25) is 0 Å². The van der Waals surface area contributed by atoms with Gasteiger partial charge in [0, 0.05) is 11.9 Å². The first-order valence-corrected chi connectivity index (χ1v) is 11.0. The highest BCUT2D eigenvalue weighted by Crippen LogP contribution is 2.35. The lowest BCUT2D eigenvalue weighted by molar-refractivity contribution is 0.197. The molecule has 0 amide bonds. The molecule has 1 aliphatic heterocycles. The van der Waals surface area contributed by atoms with Gasteiger partial charge in [0.1, 0.15) is 5.75 Å². The molecule has 2 aliphatic rings. The topological polar surface area (TPSA) is 41.7 Å². The molecule has 0 N–H and O–H groups in total. The number of aromatic nitrogens is 1. The first-order chi connectivity index (χ1) is 14.1. The Morgan fingerprint density at radius 1 is 1.21 bits per heavy atom. The van der Waals surface area contributed by atoms with E-state index in [1.54, 1.807) is 0 Å².